The minimum atomic E-state index is -0.540. The van der Waals surface area contributed by atoms with E-state index in [0.29, 0.717) is 11.6 Å². The van der Waals surface area contributed by atoms with E-state index in [0.717, 1.165) is 12.8 Å². The molecule has 4 N–H and O–H groups in total. The number of hydrogen-bond acceptors (Lipinski definition) is 5. The average Bonchev–Trinajstić information content (AvgIpc) is 2.47. The van der Waals surface area contributed by atoms with Crippen molar-refractivity contribution in [1.29, 1.82) is 0 Å². The Labute approximate surface area is 124 Å². The molecule has 0 spiro atoms. The van der Waals surface area contributed by atoms with Crippen molar-refractivity contribution in [3.63, 3.8) is 0 Å². The molecule has 1 amide bonds. The molecule has 7 heteroatoms. The normalized spacial score (nSPS) is 12.0. The lowest BCUT2D eigenvalue weighted by molar-refractivity contribution is -0.384. The molecule has 7 nitrogen and oxygen atoms in total. The zero-order valence-electron chi connectivity index (χ0n) is 12.6. The third-order valence-corrected chi connectivity index (χ3v) is 3.73. The topological polar surface area (TPSA) is 110 Å². The number of nitrogens with zero attached hydrogens (tertiary/aromatic N) is 1. The Morgan fingerprint density at radius 2 is 2.00 bits per heavy atom. The van der Waals surface area contributed by atoms with E-state index in [2.05, 4.69) is 24.6 Å². The van der Waals surface area contributed by atoms with Crippen LogP contribution in [0.5, 0.6) is 0 Å². The third-order valence-electron chi connectivity index (χ3n) is 3.73. The average molecular weight is 294 g/mol. The van der Waals surface area contributed by atoms with Gasteiger partial charge in [-0.25, -0.2) is 0 Å². The Morgan fingerprint density at radius 1 is 1.38 bits per heavy atom. The van der Waals surface area contributed by atoms with E-state index in [4.69, 9.17) is 5.84 Å². The van der Waals surface area contributed by atoms with Crippen LogP contribution in [0.25, 0.3) is 0 Å². The molecule has 1 aromatic carbocycles. The maximum Gasteiger partial charge on any atom is 0.270 e. The van der Waals surface area contributed by atoms with Crippen molar-refractivity contribution in [2.24, 2.45) is 11.8 Å². The first-order valence-corrected chi connectivity index (χ1v) is 7.00. The molecule has 0 bridgehead atoms. The lowest BCUT2D eigenvalue weighted by Gasteiger charge is -2.23. The summed E-state index contributed by atoms with van der Waals surface area (Å²) >= 11 is 0. The Bertz CT molecular complexity index is 515. The quantitative estimate of drug-likeness (QED) is 0.406. The summed E-state index contributed by atoms with van der Waals surface area (Å²) in [7, 11) is 0. The minimum absolute atomic E-state index is 0.0163. The molecular weight excluding hydrogens is 272 g/mol. The van der Waals surface area contributed by atoms with Gasteiger partial charge in [0.15, 0.2) is 0 Å². The van der Waals surface area contributed by atoms with Crippen molar-refractivity contribution in [3.8, 4) is 0 Å². The number of amides is 1. The second-order valence-electron chi connectivity index (χ2n) is 4.97. The van der Waals surface area contributed by atoms with Crippen LogP contribution in [0, 0.1) is 16.0 Å². The highest BCUT2D eigenvalue weighted by Crippen LogP contribution is 2.22. The molecule has 1 rings (SSSR count). The van der Waals surface area contributed by atoms with Gasteiger partial charge in [-0.15, -0.1) is 0 Å². The first kappa shape index (κ1) is 16.9. The van der Waals surface area contributed by atoms with Gasteiger partial charge in [-0.05, 0) is 18.9 Å². The number of nitrogen functional groups attached to an aromatic ring is 1. The van der Waals surface area contributed by atoms with Gasteiger partial charge >= 0.3 is 0 Å². The third kappa shape index (κ3) is 4.16. The number of anilines is 1. The molecule has 0 saturated heterocycles. The molecule has 0 heterocycles. The number of nitrogens with one attached hydrogen (secondary N) is 2. The van der Waals surface area contributed by atoms with E-state index in [1.54, 1.807) is 0 Å². The van der Waals surface area contributed by atoms with Crippen LogP contribution in [0.3, 0.4) is 0 Å². The highest BCUT2D eigenvalue weighted by molar-refractivity contribution is 6.00. The molecule has 116 valence electrons. The van der Waals surface area contributed by atoms with Crippen LogP contribution in [0.2, 0.25) is 0 Å². The predicted octanol–water partition coefficient (Wildman–Crippen LogP) is 2.43. The van der Waals surface area contributed by atoms with Gasteiger partial charge < -0.3 is 10.7 Å². The maximum atomic E-state index is 12.3. The second kappa shape index (κ2) is 7.58. The summed E-state index contributed by atoms with van der Waals surface area (Å²) in [6, 6.07) is 3.94. The van der Waals surface area contributed by atoms with Crippen molar-refractivity contribution in [2.75, 3.05) is 5.43 Å². The van der Waals surface area contributed by atoms with Gasteiger partial charge in [0.2, 0.25) is 0 Å². The molecule has 0 aliphatic rings. The van der Waals surface area contributed by atoms with Gasteiger partial charge in [-0.2, -0.15) is 0 Å². The molecule has 21 heavy (non-hydrogen) atoms. The molecule has 0 aromatic heterocycles. The van der Waals surface area contributed by atoms with E-state index in [1.807, 2.05) is 6.92 Å². The van der Waals surface area contributed by atoms with Gasteiger partial charge in [0.05, 0.1) is 16.2 Å². The Morgan fingerprint density at radius 3 is 2.48 bits per heavy atom. The Kier molecular flexibility index (Phi) is 6.10. The SMILES string of the molecule is CCC(CC)C(C)NC(=O)c1cc([N+](=O)[O-])ccc1NN. The standard InChI is InChI=1S/C14H22N4O3/c1-4-10(5-2)9(3)16-14(19)12-8-11(18(20)21)6-7-13(12)17-15/h6-10,17H,4-5,15H2,1-3H3,(H,16,19). The van der Waals surface area contributed by atoms with E-state index < -0.39 is 4.92 Å². The molecule has 0 saturated carbocycles. The van der Waals surface area contributed by atoms with Crippen molar-refractivity contribution < 1.29 is 9.72 Å². The number of hydrazine groups is 1. The van der Waals surface area contributed by atoms with Crippen LogP contribution in [-0.2, 0) is 0 Å². The van der Waals surface area contributed by atoms with E-state index in [9.17, 15) is 14.9 Å². The molecule has 1 unspecified atom stereocenters. The lowest BCUT2D eigenvalue weighted by atomic mass is 9.95. The number of nitro groups is 1. The summed E-state index contributed by atoms with van der Waals surface area (Å²) < 4.78 is 0. The van der Waals surface area contributed by atoms with Gasteiger partial charge in [0.1, 0.15) is 0 Å². The van der Waals surface area contributed by atoms with Gasteiger partial charge in [-0.3, -0.25) is 20.8 Å². The zero-order valence-corrected chi connectivity index (χ0v) is 12.6. The fourth-order valence-corrected chi connectivity index (χ4v) is 2.36. The van der Waals surface area contributed by atoms with Crippen molar-refractivity contribution in [1.82, 2.24) is 5.32 Å². The number of nitrogens with two attached hydrogens (primary N) is 1. The summed E-state index contributed by atoms with van der Waals surface area (Å²) in [5.74, 6) is 5.35. The molecule has 0 aliphatic carbocycles. The number of non-ortho nitro benzene ring substituents is 1. The molecule has 1 atom stereocenters. The summed E-state index contributed by atoms with van der Waals surface area (Å²) in [5, 5.41) is 13.7. The summed E-state index contributed by atoms with van der Waals surface area (Å²) in [6.45, 7) is 6.07. The van der Waals surface area contributed by atoms with Crippen molar-refractivity contribution in [2.45, 2.75) is 39.7 Å². The van der Waals surface area contributed by atoms with Crippen LogP contribution >= 0.6 is 0 Å². The number of carbonyl (C=O) groups is 1. The van der Waals surface area contributed by atoms with Crippen molar-refractivity contribution in [3.05, 3.63) is 33.9 Å². The predicted molar refractivity (Wildman–Crippen MR) is 81.9 cm³/mol. The minimum Gasteiger partial charge on any atom is -0.349 e. The van der Waals surface area contributed by atoms with Crippen molar-refractivity contribution >= 4 is 17.3 Å². The van der Waals surface area contributed by atoms with E-state index >= 15 is 0 Å². The highest BCUT2D eigenvalue weighted by Gasteiger charge is 2.20. The Balaban J connectivity index is 3.00. The number of hydrogen-bond donors (Lipinski definition) is 3. The van der Waals surface area contributed by atoms with Gasteiger partial charge in [0, 0.05) is 18.2 Å². The first-order chi connectivity index (χ1) is 9.94. The maximum absolute atomic E-state index is 12.3. The van der Waals surface area contributed by atoms with E-state index in [-0.39, 0.29) is 23.2 Å². The number of carbonyl (C=O) groups excluding carboxylic acids is 1. The molecule has 0 radical (unpaired) electrons. The molecule has 0 aliphatic heterocycles. The van der Waals surface area contributed by atoms with E-state index in [1.165, 1.54) is 18.2 Å². The summed E-state index contributed by atoms with van der Waals surface area (Å²) in [6.07, 6.45) is 1.91. The van der Waals surface area contributed by atoms with Crippen LogP contribution in [0.1, 0.15) is 44.0 Å². The molecular formula is C14H22N4O3. The van der Waals surface area contributed by atoms with Crippen LogP contribution < -0.4 is 16.6 Å². The first-order valence-electron chi connectivity index (χ1n) is 7.00. The van der Waals surface area contributed by atoms with Crippen LogP contribution in [0.15, 0.2) is 18.2 Å². The van der Waals surface area contributed by atoms with Gasteiger partial charge in [-0.1, -0.05) is 26.7 Å². The summed E-state index contributed by atoms with van der Waals surface area (Å²) in [4.78, 5) is 22.6. The fourth-order valence-electron chi connectivity index (χ4n) is 2.36. The Hall–Kier alpha value is -2.15. The number of rotatable bonds is 7. The second-order valence-corrected chi connectivity index (χ2v) is 4.97. The monoisotopic (exact) mass is 294 g/mol. The highest BCUT2D eigenvalue weighted by atomic mass is 16.6. The largest absolute Gasteiger partial charge is 0.349 e. The van der Waals surface area contributed by atoms with Crippen LogP contribution in [-0.4, -0.2) is 16.9 Å². The number of nitro benzene ring substituents is 1. The fraction of sp³-hybridized carbons (Fsp3) is 0.500. The zero-order chi connectivity index (χ0) is 16.0. The molecule has 0 fully saturated rings. The molecule has 1 aromatic rings. The lowest BCUT2D eigenvalue weighted by Crippen LogP contribution is -2.38. The summed E-state index contributed by atoms with van der Waals surface area (Å²) in [5.41, 5.74) is 2.77. The van der Waals surface area contributed by atoms with Crippen LogP contribution in [0.4, 0.5) is 11.4 Å². The smallest absolute Gasteiger partial charge is 0.270 e. The van der Waals surface area contributed by atoms with Gasteiger partial charge in [0.25, 0.3) is 11.6 Å². The number of benzene rings is 1.